The molecule has 0 aromatic heterocycles. The molecule has 1 aromatic carbocycles. The molecular weight excluding hydrogens is 564 g/mol. The number of hydrogen-bond acceptors (Lipinski definition) is 12. The second-order valence-corrected chi connectivity index (χ2v) is 11.7. The van der Waals surface area contributed by atoms with E-state index in [1.54, 1.807) is 0 Å². The van der Waals surface area contributed by atoms with Gasteiger partial charge in [-0.2, -0.15) is 0 Å². The number of carbonyl (C=O) groups is 4. The lowest BCUT2D eigenvalue weighted by Crippen LogP contribution is -2.67. The maximum atomic E-state index is 14.1. The van der Waals surface area contributed by atoms with Crippen LogP contribution >= 0.6 is 0 Å². The number of benzene rings is 1. The van der Waals surface area contributed by atoms with Gasteiger partial charge in [-0.05, 0) is 58.5 Å². The number of fused-ring (bicyclic) bond motifs is 3. The van der Waals surface area contributed by atoms with E-state index in [4.69, 9.17) is 10.8 Å². The lowest BCUT2D eigenvalue weighted by atomic mass is 9.54. The minimum atomic E-state index is -2.80. The number of ketones is 2. The third kappa shape index (κ3) is 5.18. The van der Waals surface area contributed by atoms with E-state index in [1.807, 2.05) is 0 Å². The normalized spacial score (nSPS) is 29.2. The minimum Gasteiger partial charge on any atom is -0.508 e. The zero-order valence-corrected chi connectivity index (χ0v) is 24.1. The number of phenols is 1. The smallest absolute Gasteiger partial charge is 0.320 e. The summed E-state index contributed by atoms with van der Waals surface area (Å²) in [5.41, 5.74) is -0.436. The molecule has 6 atom stereocenters. The van der Waals surface area contributed by atoms with Crippen LogP contribution in [0.25, 0.3) is 5.76 Å². The molecule has 0 spiro atoms. The number of rotatable bonds is 10. The zero-order valence-electron chi connectivity index (χ0n) is 24.1. The molecule has 0 aliphatic heterocycles. The average molecular weight is 603 g/mol. The number of aromatic hydroxyl groups is 1. The van der Waals surface area contributed by atoms with Crippen LogP contribution in [0.5, 0.6) is 5.75 Å². The van der Waals surface area contributed by atoms with Crippen molar-refractivity contribution in [2.45, 2.75) is 55.9 Å². The Morgan fingerprint density at radius 3 is 2.44 bits per heavy atom. The first kappa shape index (κ1) is 32.1. The molecule has 10 N–H and O–H groups in total. The van der Waals surface area contributed by atoms with Crippen molar-refractivity contribution >= 4 is 29.2 Å². The van der Waals surface area contributed by atoms with Crippen LogP contribution in [0.3, 0.4) is 0 Å². The van der Waals surface area contributed by atoms with Gasteiger partial charge in [0.15, 0.2) is 11.4 Å². The molecule has 14 nitrogen and oxygen atoms in total. The van der Waals surface area contributed by atoms with Gasteiger partial charge in [-0.1, -0.05) is 18.6 Å². The number of unbranched alkanes of at least 4 members (excludes halogenated alkanes) is 1. The van der Waals surface area contributed by atoms with Crippen LogP contribution in [-0.2, 0) is 24.8 Å². The first-order chi connectivity index (χ1) is 20.1. The van der Waals surface area contributed by atoms with Crippen molar-refractivity contribution in [1.29, 1.82) is 0 Å². The first-order valence-electron chi connectivity index (χ1n) is 14.0. The van der Waals surface area contributed by atoms with Crippen molar-refractivity contribution in [3.63, 3.8) is 0 Å². The number of carboxylic acid groups (broad SMARTS) is 1. The van der Waals surface area contributed by atoms with Crippen molar-refractivity contribution in [2.75, 3.05) is 27.3 Å². The summed E-state index contributed by atoms with van der Waals surface area (Å²) in [6.45, 7) is 1.63. The number of Topliss-reactive ketones (excluding diaryl/α,β-unsaturated/α-hetero) is 2. The molecule has 0 saturated heterocycles. The number of nitrogens with one attached hydrogen (secondary N) is 2. The van der Waals surface area contributed by atoms with Gasteiger partial charge in [-0.3, -0.25) is 29.4 Å². The van der Waals surface area contributed by atoms with Crippen LogP contribution in [0, 0.1) is 11.8 Å². The number of aliphatic carboxylic acids is 1. The zero-order chi connectivity index (χ0) is 32.0. The summed E-state index contributed by atoms with van der Waals surface area (Å²) in [6, 6.07) is 1.99. The molecule has 1 saturated carbocycles. The van der Waals surface area contributed by atoms with Gasteiger partial charge in [0.2, 0.25) is 5.78 Å². The van der Waals surface area contributed by atoms with Crippen LogP contribution in [0.15, 0.2) is 35.1 Å². The Labute approximate surface area is 247 Å². The SMILES string of the molecule is CN(C)[C@H]1C(=O)C(C(=O)NCNCCCCC(N)C(=O)O)=C(O)[C@]2(O)C(=O)C3=C(O)c4c(O)cccc4[C@](C)(O)[C@@H]3C[C@H]12. The average Bonchev–Trinajstić information content (AvgIpc) is 2.92. The quantitative estimate of drug-likeness (QED) is 0.0923. The minimum absolute atomic E-state index is 0.150. The molecule has 1 amide bonds. The Morgan fingerprint density at radius 1 is 1.14 bits per heavy atom. The number of hydrogen-bond donors (Lipinski definition) is 9. The van der Waals surface area contributed by atoms with E-state index in [-0.39, 0.29) is 30.6 Å². The Balaban J connectivity index is 1.64. The first-order valence-corrected chi connectivity index (χ1v) is 14.0. The Bertz CT molecular complexity index is 1420. The van der Waals surface area contributed by atoms with Gasteiger partial charge in [0.05, 0.1) is 23.9 Å². The third-order valence-corrected chi connectivity index (χ3v) is 8.81. The number of aliphatic hydroxyl groups is 4. The van der Waals surface area contributed by atoms with Crippen LogP contribution in [0.2, 0.25) is 0 Å². The molecule has 14 heteroatoms. The number of phenolic OH excluding ortho intramolecular Hbond substituents is 1. The molecule has 0 radical (unpaired) electrons. The van der Waals surface area contributed by atoms with Crippen LogP contribution in [0.1, 0.15) is 43.7 Å². The van der Waals surface area contributed by atoms with Crippen molar-refractivity contribution in [1.82, 2.24) is 15.5 Å². The van der Waals surface area contributed by atoms with E-state index in [2.05, 4.69) is 10.6 Å². The van der Waals surface area contributed by atoms with Crippen LogP contribution < -0.4 is 16.4 Å². The Hall–Kier alpha value is -3.82. The molecule has 43 heavy (non-hydrogen) atoms. The van der Waals surface area contributed by atoms with Crippen LogP contribution in [0.4, 0.5) is 0 Å². The van der Waals surface area contributed by atoms with E-state index >= 15 is 0 Å². The summed E-state index contributed by atoms with van der Waals surface area (Å²) in [6.07, 6.45) is 1.10. The molecule has 234 valence electrons. The third-order valence-electron chi connectivity index (χ3n) is 8.81. The van der Waals surface area contributed by atoms with Gasteiger partial charge in [-0.25, -0.2) is 0 Å². The van der Waals surface area contributed by atoms with Crippen LogP contribution in [-0.4, -0.2) is 104 Å². The van der Waals surface area contributed by atoms with Crippen molar-refractivity contribution < 1.29 is 49.8 Å². The van der Waals surface area contributed by atoms with E-state index in [0.29, 0.717) is 19.4 Å². The standard InChI is InChI=1S/C29H38N4O10/c1-28(42)13-7-6-9-17(34)18(13)22(35)19-14(28)11-15-21(33(2)3)23(36)20(25(38)29(15,43)24(19)37)26(39)32-12-31-10-5-4-8-16(30)27(40)41/h6-7,9,14-16,21,31,34-35,38,42-43H,4-5,8,10-12,30H2,1-3H3,(H,32,39)(H,40,41)/t14-,15-,16?,21-,28+,29-/m1/s1. The number of amides is 1. The Morgan fingerprint density at radius 2 is 1.81 bits per heavy atom. The number of carboxylic acids is 1. The summed E-state index contributed by atoms with van der Waals surface area (Å²) in [5, 5.41) is 70.6. The van der Waals surface area contributed by atoms with Crippen molar-refractivity contribution in [3.05, 3.63) is 46.2 Å². The number of nitrogens with zero attached hydrogens (tertiary/aromatic N) is 1. The number of carbonyl (C=O) groups excluding carboxylic acids is 3. The highest BCUT2D eigenvalue weighted by Crippen LogP contribution is 2.57. The predicted octanol–water partition coefficient (Wildman–Crippen LogP) is -0.611. The molecule has 0 heterocycles. The van der Waals surface area contributed by atoms with Crippen molar-refractivity contribution in [2.24, 2.45) is 17.6 Å². The second kappa shape index (κ2) is 11.7. The molecule has 1 aromatic rings. The number of nitrogens with two attached hydrogens (primary N) is 1. The van der Waals surface area contributed by atoms with E-state index in [0.717, 1.165) is 0 Å². The van der Waals surface area contributed by atoms with Gasteiger partial charge in [-0.15, -0.1) is 0 Å². The number of aliphatic hydroxyl groups excluding tert-OH is 2. The van der Waals surface area contributed by atoms with E-state index < -0.39 is 87.0 Å². The summed E-state index contributed by atoms with van der Waals surface area (Å²) in [5.74, 6) is -8.84. The monoisotopic (exact) mass is 602 g/mol. The maximum absolute atomic E-state index is 14.1. The molecule has 1 fully saturated rings. The fourth-order valence-electron chi connectivity index (χ4n) is 6.54. The molecule has 4 rings (SSSR count). The Kier molecular flexibility index (Phi) is 8.73. The highest BCUT2D eigenvalue weighted by Gasteiger charge is 2.66. The summed E-state index contributed by atoms with van der Waals surface area (Å²) in [4.78, 5) is 53.1. The van der Waals surface area contributed by atoms with Gasteiger partial charge in [0.25, 0.3) is 5.91 Å². The fourth-order valence-corrected chi connectivity index (χ4v) is 6.54. The topological polar surface area (TPSA) is 243 Å². The largest absolute Gasteiger partial charge is 0.508 e. The lowest BCUT2D eigenvalue weighted by molar-refractivity contribution is -0.159. The summed E-state index contributed by atoms with van der Waals surface area (Å²) < 4.78 is 0. The molecular formula is C29H38N4O10. The van der Waals surface area contributed by atoms with Gasteiger partial charge < -0.3 is 41.7 Å². The second-order valence-electron chi connectivity index (χ2n) is 11.7. The molecule has 3 aliphatic rings. The van der Waals surface area contributed by atoms with Gasteiger partial charge in [0.1, 0.15) is 28.9 Å². The highest BCUT2D eigenvalue weighted by atomic mass is 16.4. The predicted molar refractivity (Wildman–Crippen MR) is 151 cm³/mol. The lowest BCUT2D eigenvalue weighted by Gasteiger charge is -2.53. The highest BCUT2D eigenvalue weighted by molar-refractivity contribution is 6.25. The molecule has 0 bridgehead atoms. The van der Waals surface area contributed by atoms with Gasteiger partial charge in [0, 0.05) is 17.4 Å². The van der Waals surface area contributed by atoms with Crippen molar-refractivity contribution in [3.8, 4) is 5.75 Å². The number of likely N-dealkylation sites (N-methyl/N-ethyl adjacent to an activating group) is 1. The van der Waals surface area contributed by atoms with E-state index in [1.165, 1.54) is 44.1 Å². The molecule has 3 aliphatic carbocycles. The maximum Gasteiger partial charge on any atom is 0.320 e. The van der Waals surface area contributed by atoms with E-state index in [9.17, 15) is 44.7 Å². The summed E-state index contributed by atoms with van der Waals surface area (Å²) >= 11 is 0. The van der Waals surface area contributed by atoms with Gasteiger partial charge >= 0.3 is 5.97 Å². The fraction of sp³-hybridized carbons (Fsp3) is 0.517. The summed E-state index contributed by atoms with van der Waals surface area (Å²) in [7, 11) is 3.02. The molecule has 1 unspecified atom stereocenters.